The molecular weight excluding hydrogens is 324 g/mol. The molecule has 1 N–H and O–H groups in total. The Morgan fingerprint density at radius 2 is 2.00 bits per heavy atom. The number of hydrogen-bond donors (Lipinski definition) is 1. The molecule has 0 saturated heterocycles. The standard InChI is InChI=1S/C20H21F2NO2/c1-4-14-11-16(6-9-19(14)25-3)13(2)23-20(24)10-7-15-5-8-17(21)12-18(15)22/h5-13H,4H2,1-3H3,(H,23,24)/b10-7+. The minimum Gasteiger partial charge on any atom is -0.496 e. The van der Waals surface area contributed by atoms with Crippen molar-refractivity contribution in [1.82, 2.24) is 5.32 Å². The average Bonchev–Trinajstić information content (AvgIpc) is 2.60. The average molecular weight is 345 g/mol. The van der Waals surface area contributed by atoms with Crippen LogP contribution in [-0.4, -0.2) is 13.0 Å². The molecule has 0 saturated carbocycles. The van der Waals surface area contributed by atoms with E-state index in [2.05, 4.69) is 5.32 Å². The second-order valence-corrected chi connectivity index (χ2v) is 5.65. The molecule has 1 unspecified atom stereocenters. The van der Waals surface area contributed by atoms with Gasteiger partial charge in [-0.2, -0.15) is 0 Å². The van der Waals surface area contributed by atoms with Crippen molar-refractivity contribution in [2.45, 2.75) is 26.3 Å². The first-order valence-corrected chi connectivity index (χ1v) is 8.05. The van der Waals surface area contributed by atoms with E-state index >= 15 is 0 Å². The van der Waals surface area contributed by atoms with Crippen LogP contribution < -0.4 is 10.1 Å². The summed E-state index contributed by atoms with van der Waals surface area (Å²) in [6.45, 7) is 3.90. The Hall–Kier alpha value is -2.69. The molecule has 25 heavy (non-hydrogen) atoms. The fourth-order valence-electron chi connectivity index (χ4n) is 2.49. The first-order valence-electron chi connectivity index (χ1n) is 8.05. The monoisotopic (exact) mass is 345 g/mol. The van der Waals surface area contributed by atoms with Gasteiger partial charge in [0, 0.05) is 17.7 Å². The van der Waals surface area contributed by atoms with Crippen molar-refractivity contribution in [3.8, 4) is 5.75 Å². The molecule has 2 aromatic carbocycles. The number of methoxy groups -OCH3 is 1. The fourth-order valence-corrected chi connectivity index (χ4v) is 2.49. The zero-order chi connectivity index (χ0) is 18.4. The first-order chi connectivity index (χ1) is 11.9. The molecule has 0 spiro atoms. The lowest BCUT2D eigenvalue weighted by atomic mass is 10.0. The summed E-state index contributed by atoms with van der Waals surface area (Å²) in [6, 6.07) is 8.76. The molecule has 0 aliphatic carbocycles. The molecular formula is C20H21F2NO2. The number of amides is 1. The molecule has 5 heteroatoms. The highest BCUT2D eigenvalue weighted by atomic mass is 19.1. The van der Waals surface area contributed by atoms with Crippen LogP contribution in [-0.2, 0) is 11.2 Å². The van der Waals surface area contributed by atoms with Crippen molar-refractivity contribution in [3.63, 3.8) is 0 Å². The van der Waals surface area contributed by atoms with Crippen LogP contribution in [0, 0.1) is 11.6 Å². The zero-order valence-electron chi connectivity index (χ0n) is 14.5. The van der Waals surface area contributed by atoms with Gasteiger partial charge in [-0.1, -0.05) is 19.1 Å². The largest absolute Gasteiger partial charge is 0.496 e. The summed E-state index contributed by atoms with van der Waals surface area (Å²) in [5, 5.41) is 2.82. The van der Waals surface area contributed by atoms with Gasteiger partial charge in [0.2, 0.25) is 5.91 Å². The summed E-state index contributed by atoms with van der Waals surface area (Å²) in [7, 11) is 1.62. The molecule has 0 aliphatic heterocycles. The van der Waals surface area contributed by atoms with Gasteiger partial charge in [0.15, 0.2) is 0 Å². The first kappa shape index (κ1) is 18.6. The summed E-state index contributed by atoms with van der Waals surface area (Å²) < 4.78 is 31.7. The third kappa shape index (κ3) is 4.89. The van der Waals surface area contributed by atoms with Crippen LogP contribution in [0.3, 0.4) is 0 Å². The van der Waals surface area contributed by atoms with Gasteiger partial charge in [-0.15, -0.1) is 0 Å². The van der Waals surface area contributed by atoms with E-state index in [-0.39, 0.29) is 17.5 Å². The van der Waals surface area contributed by atoms with E-state index in [9.17, 15) is 13.6 Å². The van der Waals surface area contributed by atoms with Gasteiger partial charge < -0.3 is 10.1 Å². The van der Waals surface area contributed by atoms with E-state index in [1.807, 2.05) is 32.0 Å². The van der Waals surface area contributed by atoms with Gasteiger partial charge in [-0.25, -0.2) is 8.78 Å². The topological polar surface area (TPSA) is 38.3 Å². The van der Waals surface area contributed by atoms with Gasteiger partial charge in [0.25, 0.3) is 0 Å². The quantitative estimate of drug-likeness (QED) is 0.787. The van der Waals surface area contributed by atoms with Gasteiger partial charge in [0.05, 0.1) is 13.2 Å². The van der Waals surface area contributed by atoms with Crippen LogP contribution >= 0.6 is 0 Å². The summed E-state index contributed by atoms with van der Waals surface area (Å²) >= 11 is 0. The van der Waals surface area contributed by atoms with Crippen LogP contribution in [0.1, 0.15) is 36.6 Å². The summed E-state index contributed by atoms with van der Waals surface area (Å²) in [5.41, 5.74) is 2.17. The van der Waals surface area contributed by atoms with Crippen LogP contribution in [0.2, 0.25) is 0 Å². The maximum atomic E-state index is 13.5. The molecule has 1 atom stereocenters. The van der Waals surface area contributed by atoms with Crippen LogP contribution in [0.4, 0.5) is 8.78 Å². The fraction of sp³-hybridized carbons (Fsp3) is 0.250. The van der Waals surface area contributed by atoms with Crippen molar-refractivity contribution in [2.75, 3.05) is 7.11 Å². The van der Waals surface area contributed by atoms with E-state index in [0.29, 0.717) is 0 Å². The van der Waals surface area contributed by atoms with Gasteiger partial charge >= 0.3 is 0 Å². The highest BCUT2D eigenvalue weighted by Crippen LogP contribution is 2.23. The number of hydrogen-bond acceptors (Lipinski definition) is 2. The van der Waals surface area contributed by atoms with E-state index in [0.717, 1.165) is 35.4 Å². The Kier molecular flexibility index (Phi) is 6.28. The van der Waals surface area contributed by atoms with Crippen molar-refractivity contribution >= 4 is 12.0 Å². The molecule has 3 nitrogen and oxygen atoms in total. The number of aryl methyl sites for hydroxylation is 1. The zero-order valence-corrected chi connectivity index (χ0v) is 14.5. The normalized spacial score (nSPS) is 12.2. The summed E-state index contributed by atoms with van der Waals surface area (Å²) in [5.74, 6) is -0.902. The maximum Gasteiger partial charge on any atom is 0.244 e. The maximum absolute atomic E-state index is 13.5. The van der Waals surface area contributed by atoms with Gasteiger partial charge in [0.1, 0.15) is 17.4 Å². The predicted octanol–water partition coefficient (Wildman–Crippen LogP) is 4.43. The van der Waals surface area contributed by atoms with Crippen molar-refractivity contribution in [2.24, 2.45) is 0 Å². The number of carbonyl (C=O) groups excluding carboxylic acids is 1. The Morgan fingerprint density at radius 1 is 1.24 bits per heavy atom. The van der Waals surface area contributed by atoms with Gasteiger partial charge in [-0.3, -0.25) is 4.79 Å². The highest BCUT2D eigenvalue weighted by Gasteiger charge is 2.10. The molecule has 1 amide bonds. The summed E-state index contributed by atoms with van der Waals surface area (Å²) in [4.78, 5) is 12.0. The van der Waals surface area contributed by atoms with E-state index in [4.69, 9.17) is 4.74 Å². The second kappa shape index (κ2) is 8.42. The van der Waals surface area contributed by atoms with E-state index in [1.165, 1.54) is 18.2 Å². The summed E-state index contributed by atoms with van der Waals surface area (Å²) in [6.07, 6.45) is 3.38. The smallest absolute Gasteiger partial charge is 0.244 e. The molecule has 2 rings (SSSR count). The number of rotatable bonds is 6. The molecule has 0 bridgehead atoms. The number of halogens is 2. The molecule has 2 aromatic rings. The SMILES string of the molecule is CCc1cc(C(C)NC(=O)/C=C/c2ccc(F)cc2F)ccc1OC. The van der Waals surface area contributed by atoms with Crippen molar-refractivity contribution in [1.29, 1.82) is 0 Å². The molecule has 0 fully saturated rings. The Bertz CT molecular complexity index is 787. The minimum absolute atomic E-state index is 0.155. The molecule has 0 aliphatic rings. The Balaban J connectivity index is 2.05. The van der Waals surface area contributed by atoms with Crippen LogP contribution in [0.15, 0.2) is 42.5 Å². The van der Waals surface area contributed by atoms with Crippen LogP contribution in [0.5, 0.6) is 5.75 Å². The Morgan fingerprint density at radius 3 is 2.64 bits per heavy atom. The Labute approximate surface area is 146 Å². The molecule has 0 heterocycles. The minimum atomic E-state index is -0.708. The predicted molar refractivity (Wildman–Crippen MR) is 94.3 cm³/mol. The second-order valence-electron chi connectivity index (χ2n) is 5.65. The molecule has 0 radical (unpaired) electrons. The lowest BCUT2D eigenvalue weighted by Gasteiger charge is -2.15. The van der Waals surface area contributed by atoms with Crippen LogP contribution in [0.25, 0.3) is 6.08 Å². The van der Waals surface area contributed by atoms with Gasteiger partial charge in [-0.05, 0) is 48.7 Å². The lowest BCUT2D eigenvalue weighted by Crippen LogP contribution is -2.24. The van der Waals surface area contributed by atoms with E-state index < -0.39 is 11.6 Å². The highest BCUT2D eigenvalue weighted by molar-refractivity contribution is 5.92. The molecule has 0 aromatic heterocycles. The number of benzene rings is 2. The van der Waals surface area contributed by atoms with Crippen molar-refractivity contribution < 1.29 is 18.3 Å². The van der Waals surface area contributed by atoms with E-state index in [1.54, 1.807) is 7.11 Å². The van der Waals surface area contributed by atoms with Crippen molar-refractivity contribution in [3.05, 3.63) is 70.8 Å². The third-order valence-corrected chi connectivity index (χ3v) is 3.92. The molecule has 132 valence electrons. The third-order valence-electron chi connectivity index (χ3n) is 3.92. The number of nitrogens with one attached hydrogen (secondary N) is 1. The lowest BCUT2D eigenvalue weighted by molar-refractivity contribution is -0.117. The number of carbonyl (C=O) groups is 1. The number of ether oxygens (including phenoxy) is 1.